The van der Waals surface area contributed by atoms with Gasteiger partial charge in [-0.15, -0.1) is 0 Å². The molecule has 0 bridgehead atoms. The lowest BCUT2D eigenvalue weighted by Gasteiger charge is -2.34. The first-order valence-corrected chi connectivity index (χ1v) is 7.96. The lowest BCUT2D eigenvalue weighted by Crippen LogP contribution is -2.44. The van der Waals surface area contributed by atoms with Gasteiger partial charge in [0, 0.05) is 25.8 Å². The largest absolute Gasteiger partial charge is 0.369 e. The highest BCUT2D eigenvalue weighted by atomic mass is 16.1. The zero-order valence-electron chi connectivity index (χ0n) is 13.4. The highest BCUT2D eigenvalue weighted by molar-refractivity contribution is 5.77. The minimum absolute atomic E-state index is 0.166. The fourth-order valence-corrected chi connectivity index (χ4v) is 3.40. The van der Waals surface area contributed by atoms with Gasteiger partial charge >= 0.3 is 0 Å². The third kappa shape index (κ3) is 4.56. The number of carbonyl (C=O) groups is 1. The number of aryl methyl sites for hydroxylation is 1. The van der Waals surface area contributed by atoms with Crippen LogP contribution in [-0.4, -0.2) is 28.3 Å². The molecule has 1 aromatic rings. The highest BCUT2D eigenvalue weighted by Gasteiger charge is 2.26. The van der Waals surface area contributed by atoms with E-state index in [4.69, 9.17) is 5.73 Å². The van der Waals surface area contributed by atoms with Gasteiger partial charge in [0.05, 0.1) is 12.1 Å². The van der Waals surface area contributed by atoms with E-state index >= 15 is 0 Å². The summed E-state index contributed by atoms with van der Waals surface area (Å²) in [4.78, 5) is 11.7. The molecule has 1 aliphatic carbocycles. The Morgan fingerprint density at radius 2 is 2.29 bits per heavy atom. The first-order valence-electron chi connectivity index (χ1n) is 7.96. The van der Waals surface area contributed by atoms with Crippen molar-refractivity contribution in [3.63, 3.8) is 0 Å². The van der Waals surface area contributed by atoms with E-state index in [1.165, 1.54) is 19.3 Å². The van der Waals surface area contributed by atoms with Crippen LogP contribution in [0.15, 0.2) is 12.4 Å². The zero-order valence-corrected chi connectivity index (χ0v) is 13.4. The van der Waals surface area contributed by atoms with Crippen molar-refractivity contribution >= 4 is 5.91 Å². The fraction of sp³-hybridized carbons (Fsp3) is 0.750. The molecule has 1 aliphatic rings. The number of carbonyl (C=O) groups excluding carboxylic acids is 1. The highest BCUT2D eigenvalue weighted by Crippen LogP contribution is 2.28. The van der Waals surface area contributed by atoms with Crippen LogP contribution in [0.2, 0.25) is 0 Å². The SMILES string of the molecule is C[C@@H]1CC[C@H](NC[C@@H](Cc2cnn(C)c2)C(N)=O)[C@H](C)C1. The number of rotatable bonds is 6. The molecule has 0 spiro atoms. The number of primary amides is 1. The summed E-state index contributed by atoms with van der Waals surface area (Å²) in [7, 11) is 1.88. The van der Waals surface area contributed by atoms with E-state index in [1.54, 1.807) is 10.9 Å². The maximum atomic E-state index is 11.7. The third-order valence-electron chi connectivity index (χ3n) is 4.70. The molecule has 0 aromatic carbocycles. The molecule has 0 unspecified atom stereocenters. The van der Waals surface area contributed by atoms with Gasteiger partial charge < -0.3 is 11.1 Å². The van der Waals surface area contributed by atoms with Gasteiger partial charge in [-0.1, -0.05) is 13.8 Å². The Bertz CT molecular complexity index is 471. The van der Waals surface area contributed by atoms with Crippen LogP contribution < -0.4 is 11.1 Å². The molecule has 0 saturated heterocycles. The maximum absolute atomic E-state index is 11.7. The van der Waals surface area contributed by atoms with Crippen molar-refractivity contribution in [2.45, 2.75) is 45.6 Å². The minimum atomic E-state index is -0.233. The summed E-state index contributed by atoms with van der Waals surface area (Å²) < 4.78 is 1.76. The summed E-state index contributed by atoms with van der Waals surface area (Å²) in [5.74, 6) is 1.09. The topological polar surface area (TPSA) is 72.9 Å². The molecule has 1 fully saturated rings. The molecule has 0 aliphatic heterocycles. The molecule has 1 amide bonds. The Hall–Kier alpha value is -1.36. The van der Waals surface area contributed by atoms with E-state index in [9.17, 15) is 4.79 Å². The monoisotopic (exact) mass is 292 g/mol. The molecule has 21 heavy (non-hydrogen) atoms. The number of nitrogens with one attached hydrogen (secondary N) is 1. The summed E-state index contributed by atoms with van der Waals surface area (Å²) in [6.45, 7) is 5.28. The second-order valence-electron chi connectivity index (χ2n) is 6.74. The summed E-state index contributed by atoms with van der Waals surface area (Å²) in [5.41, 5.74) is 6.62. The van der Waals surface area contributed by atoms with Crippen LogP contribution in [0.5, 0.6) is 0 Å². The Balaban J connectivity index is 1.87. The van der Waals surface area contributed by atoms with E-state index in [2.05, 4.69) is 24.3 Å². The summed E-state index contributed by atoms with van der Waals surface area (Å²) in [5, 5.41) is 7.72. The molecular weight excluding hydrogens is 264 g/mol. The molecule has 118 valence electrons. The molecule has 5 heteroatoms. The number of hydrogen-bond donors (Lipinski definition) is 2. The van der Waals surface area contributed by atoms with Gasteiger partial charge in [-0.2, -0.15) is 5.10 Å². The molecule has 1 saturated carbocycles. The zero-order chi connectivity index (χ0) is 15.4. The maximum Gasteiger partial charge on any atom is 0.222 e. The third-order valence-corrected chi connectivity index (χ3v) is 4.70. The molecule has 5 nitrogen and oxygen atoms in total. The van der Waals surface area contributed by atoms with Crippen molar-refractivity contribution in [1.29, 1.82) is 0 Å². The first-order chi connectivity index (χ1) is 9.95. The van der Waals surface area contributed by atoms with E-state index in [0.717, 1.165) is 11.5 Å². The fourth-order valence-electron chi connectivity index (χ4n) is 3.40. The second-order valence-corrected chi connectivity index (χ2v) is 6.74. The molecule has 1 heterocycles. The standard InChI is InChI=1S/C16H28N4O/c1-11-4-5-15(12(2)6-11)18-9-14(16(17)21)7-13-8-19-20(3)10-13/h8,10-12,14-15,18H,4-7,9H2,1-3H3,(H2,17,21)/t11-,12-,14-,15+/m1/s1. The normalized spacial score (nSPS) is 27.5. The minimum Gasteiger partial charge on any atom is -0.369 e. The molecule has 0 radical (unpaired) electrons. The van der Waals surface area contributed by atoms with Crippen molar-refractivity contribution in [3.8, 4) is 0 Å². The van der Waals surface area contributed by atoms with Crippen molar-refractivity contribution in [3.05, 3.63) is 18.0 Å². The van der Waals surface area contributed by atoms with Gasteiger partial charge in [0.1, 0.15) is 0 Å². The van der Waals surface area contributed by atoms with Crippen LogP contribution in [0.25, 0.3) is 0 Å². The van der Waals surface area contributed by atoms with Gasteiger partial charge in [-0.05, 0) is 43.1 Å². The number of hydrogen-bond acceptors (Lipinski definition) is 3. The van der Waals surface area contributed by atoms with Gasteiger partial charge in [-0.25, -0.2) is 0 Å². The predicted molar refractivity (Wildman–Crippen MR) is 83.6 cm³/mol. The second kappa shape index (κ2) is 7.07. The number of nitrogens with zero attached hydrogens (tertiary/aromatic N) is 2. The Morgan fingerprint density at radius 1 is 1.52 bits per heavy atom. The van der Waals surface area contributed by atoms with Gasteiger partial charge in [0.25, 0.3) is 0 Å². The van der Waals surface area contributed by atoms with Gasteiger partial charge in [0.2, 0.25) is 5.91 Å². The van der Waals surface area contributed by atoms with Crippen molar-refractivity contribution in [2.75, 3.05) is 6.54 Å². The predicted octanol–water partition coefficient (Wildman–Crippen LogP) is 1.48. The van der Waals surface area contributed by atoms with Crippen LogP contribution in [0.3, 0.4) is 0 Å². The molecule has 4 atom stereocenters. The Kier molecular flexibility index (Phi) is 5.39. The number of amides is 1. The molecular formula is C16H28N4O. The van der Waals surface area contributed by atoms with Crippen molar-refractivity contribution in [2.24, 2.45) is 30.5 Å². The van der Waals surface area contributed by atoms with Gasteiger partial charge in [0.15, 0.2) is 0 Å². The molecule has 2 rings (SSSR count). The van der Waals surface area contributed by atoms with E-state index < -0.39 is 0 Å². The van der Waals surface area contributed by atoms with E-state index in [1.807, 2.05) is 13.2 Å². The Labute approximate surface area is 127 Å². The van der Waals surface area contributed by atoms with Crippen LogP contribution in [0, 0.1) is 17.8 Å². The number of aromatic nitrogens is 2. The van der Waals surface area contributed by atoms with Crippen LogP contribution in [0.1, 0.15) is 38.7 Å². The summed E-state index contributed by atoms with van der Waals surface area (Å²) >= 11 is 0. The van der Waals surface area contributed by atoms with Crippen LogP contribution in [-0.2, 0) is 18.3 Å². The van der Waals surface area contributed by atoms with Crippen LogP contribution >= 0.6 is 0 Å². The lowest BCUT2D eigenvalue weighted by atomic mass is 9.79. The van der Waals surface area contributed by atoms with Crippen molar-refractivity contribution < 1.29 is 4.79 Å². The van der Waals surface area contributed by atoms with E-state index in [0.29, 0.717) is 24.9 Å². The first kappa shape index (κ1) is 16.0. The Morgan fingerprint density at radius 3 is 2.86 bits per heavy atom. The molecule has 3 N–H and O–H groups in total. The van der Waals surface area contributed by atoms with E-state index in [-0.39, 0.29) is 11.8 Å². The summed E-state index contributed by atoms with van der Waals surface area (Å²) in [6, 6.07) is 0.511. The van der Waals surface area contributed by atoms with Crippen LogP contribution in [0.4, 0.5) is 0 Å². The smallest absolute Gasteiger partial charge is 0.222 e. The van der Waals surface area contributed by atoms with Gasteiger partial charge in [-0.3, -0.25) is 9.48 Å². The number of nitrogens with two attached hydrogens (primary N) is 1. The average Bonchev–Trinajstić information content (AvgIpc) is 2.81. The average molecular weight is 292 g/mol. The summed E-state index contributed by atoms with van der Waals surface area (Å²) in [6.07, 6.45) is 8.14. The quantitative estimate of drug-likeness (QED) is 0.834. The van der Waals surface area contributed by atoms with Crippen molar-refractivity contribution in [1.82, 2.24) is 15.1 Å². The molecule has 1 aromatic heterocycles. The lowest BCUT2D eigenvalue weighted by molar-refractivity contribution is -0.121.